The van der Waals surface area contributed by atoms with Crippen molar-refractivity contribution in [3.8, 4) is 5.88 Å². The molecular weight excluding hydrogens is 242 g/mol. The molecule has 1 saturated heterocycles. The molecule has 2 aliphatic rings. The Bertz CT molecular complexity index is 434. The number of ether oxygens (including phenoxy) is 1. The van der Waals surface area contributed by atoms with E-state index in [1.54, 1.807) is 12.3 Å². The van der Waals surface area contributed by atoms with Gasteiger partial charge in [-0.15, -0.1) is 0 Å². The first kappa shape index (κ1) is 12.4. The molecule has 1 amide bonds. The van der Waals surface area contributed by atoms with Gasteiger partial charge in [-0.3, -0.25) is 4.79 Å². The Kier molecular flexibility index (Phi) is 3.62. The molecule has 3 rings (SSSR count). The third-order valence-corrected chi connectivity index (χ3v) is 3.73. The Morgan fingerprint density at radius 2 is 2.32 bits per heavy atom. The average molecular weight is 261 g/mol. The van der Waals surface area contributed by atoms with Crippen molar-refractivity contribution in [1.82, 2.24) is 14.9 Å². The molecule has 1 unspecified atom stereocenters. The van der Waals surface area contributed by atoms with Crippen LogP contribution in [0.3, 0.4) is 0 Å². The van der Waals surface area contributed by atoms with Crippen molar-refractivity contribution in [3.05, 3.63) is 18.6 Å². The molecule has 5 heteroatoms. The van der Waals surface area contributed by atoms with Gasteiger partial charge in [0.25, 0.3) is 0 Å². The van der Waals surface area contributed by atoms with Gasteiger partial charge in [0.05, 0.1) is 6.54 Å². The van der Waals surface area contributed by atoms with Gasteiger partial charge in [0.1, 0.15) is 12.4 Å². The zero-order valence-corrected chi connectivity index (χ0v) is 11.0. The monoisotopic (exact) mass is 261 g/mol. The fourth-order valence-corrected chi connectivity index (χ4v) is 2.48. The second-order valence-electron chi connectivity index (χ2n) is 5.42. The number of carbonyl (C=O) groups excluding carboxylic acids is 1. The summed E-state index contributed by atoms with van der Waals surface area (Å²) in [5, 5.41) is 0. The van der Waals surface area contributed by atoms with Crippen LogP contribution in [0, 0.1) is 5.92 Å². The first-order valence-electron chi connectivity index (χ1n) is 7.02. The van der Waals surface area contributed by atoms with Crippen LogP contribution in [0.15, 0.2) is 18.6 Å². The zero-order valence-electron chi connectivity index (χ0n) is 11.0. The second kappa shape index (κ2) is 5.55. The molecule has 19 heavy (non-hydrogen) atoms. The predicted molar refractivity (Wildman–Crippen MR) is 69.6 cm³/mol. The van der Waals surface area contributed by atoms with Gasteiger partial charge in [-0.25, -0.2) is 9.97 Å². The van der Waals surface area contributed by atoms with E-state index in [0.717, 1.165) is 25.8 Å². The largest absolute Gasteiger partial charge is 0.472 e. The molecule has 1 atom stereocenters. The number of rotatable bonds is 4. The lowest BCUT2D eigenvalue weighted by Crippen LogP contribution is -2.44. The van der Waals surface area contributed by atoms with Crippen LogP contribution in [-0.4, -0.2) is 40.0 Å². The Hall–Kier alpha value is -1.65. The normalized spacial score (nSPS) is 23.2. The highest BCUT2D eigenvalue weighted by Crippen LogP contribution is 2.33. The Morgan fingerprint density at radius 1 is 1.42 bits per heavy atom. The van der Waals surface area contributed by atoms with E-state index in [-0.39, 0.29) is 6.10 Å². The van der Waals surface area contributed by atoms with Crippen molar-refractivity contribution >= 4 is 5.91 Å². The zero-order chi connectivity index (χ0) is 13.1. The summed E-state index contributed by atoms with van der Waals surface area (Å²) in [7, 11) is 0. The van der Waals surface area contributed by atoms with E-state index >= 15 is 0 Å². The van der Waals surface area contributed by atoms with E-state index in [9.17, 15) is 4.79 Å². The van der Waals surface area contributed by atoms with Crippen molar-refractivity contribution in [2.24, 2.45) is 5.92 Å². The molecule has 0 bridgehead atoms. The lowest BCUT2D eigenvalue weighted by atomic mass is 10.1. The third kappa shape index (κ3) is 3.43. The molecule has 102 valence electrons. The number of likely N-dealkylation sites (tertiary alicyclic amines) is 1. The lowest BCUT2D eigenvalue weighted by molar-refractivity contribution is -0.134. The van der Waals surface area contributed by atoms with Gasteiger partial charge in [0, 0.05) is 25.2 Å². The molecule has 2 heterocycles. The number of carbonyl (C=O) groups is 1. The molecule has 1 saturated carbocycles. The summed E-state index contributed by atoms with van der Waals surface area (Å²) < 4.78 is 5.81. The van der Waals surface area contributed by atoms with Crippen molar-refractivity contribution in [2.45, 2.75) is 38.2 Å². The maximum absolute atomic E-state index is 12.1. The van der Waals surface area contributed by atoms with E-state index in [1.807, 2.05) is 4.90 Å². The molecule has 0 radical (unpaired) electrons. The highest BCUT2D eigenvalue weighted by atomic mass is 16.5. The minimum atomic E-state index is 0.0619. The third-order valence-electron chi connectivity index (χ3n) is 3.73. The van der Waals surface area contributed by atoms with Gasteiger partial charge in [0.2, 0.25) is 11.8 Å². The van der Waals surface area contributed by atoms with Gasteiger partial charge >= 0.3 is 0 Å². The van der Waals surface area contributed by atoms with Crippen molar-refractivity contribution in [3.63, 3.8) is 0 Å². The quantitative estimate of drug-likeness (QED) is 0.827. The fraction of sp³-hybridized carbons (Fsp3) is 0.643. The SMILES string of the molecule is O=C(CC1CC1)N1CCCC(Oc2ccncn2)C1. The van der Waals surface area contributed by atoms with E-state index in [4.69, 9.17) is 4.74 Å². The van der Waals surface area contributed by atoms with Crippen LogP contribution in [0.5, 0.6) is 5.88 Å². The molecule has 2 fully saturated rings. The summed E-state index contributed by atoms with van der Waals surface area (Å²) in [4.78, 5) is 22.0. The number of nitrogens with zero attached hydrogens (tertiary/aromatic N) is 3. The summed E-state index contributed by atoms with van der Waals surface area (Å²) in [5.41, 5.74) is 0. The molecule has 0 spiro atoms. The van der Waals surface area contributed by atoms with Crippen molar-refractivity contribution in [1.29, 1.82) is 0 Å². The Balaban J connectivity index is 1.53. The number of piperidine rings is 1. The second-order valence-corrected chi connectivity index (χ2v) is 5.42. The summed E-state index contributed by atoms with van der Waals surface area (Å²) in [5.74, 6) is 1.53. The van der Waals surface area contributed by atoms with Crippen LogP contribution < -0.4 is 4.74 Å². The van der Waals surface area contributed by atoms with E-state index in [2.05, 4.69) is 9.97 Å². The summed E-state index contributed by atoms with van der Waals surface area (Å²) in [6.45, 7) is 1.56. The maximum atomic E-state index is 12.1. The molecule has 0 N–H and O–H groups in total. The van der Waals surface area contributed by atoms with Gasteiger partial charge in [0.15, 0.2) is 0 Å². The standard InChI is InChI=1S/C14H19N3O2/c18-14(8-11-3-4-11)17-7-1-2-12(9-17)19-13-5-6-15-10-16-13/h5-6,10-12H,1-4,7-9H2. The van der Waals surface area contributed by atoms with Gasteiger partial charge in [-0.2, -0.15) is 0 Å². The molecule has 1 aliphatic carbocycles. The number of hydrogen-bond donors (Lipinski definition) is 0. The highest BCUT2D eigenvalue weighted by Gasteiger charge is 2.30. The molecule has 1 aromatic heterocycles. The minimum Gasteiger partial charge on any atom is -0.472 e. The average Bonchev–Trinajstić information content (AvgIpc) is 3.24. The molecule has 1 aliphatic heterocycles. The van der Waals surface area contributed by atoms with Crippen LogP contribution in [-0.2, 0) is 4.79 Å². The van der Waals surface area contributed by atoms with Crippen molar-refractivity contribution < 1.29 is 9.53 Å². The fourth-order valence-electron chi connectivity index (χ4n) is 2.48. The molecule has 0 aromatic carbocycles. The summed E-state index contributed by atoms with van der Waals surface area (Å²) >= 11 is 0. The first-order chi connectivity index (χ1) is 9.31. The van der Waals surface area contributed by atoms with Crippen LogP contribution in [0.25, 0.3) is 0 Å². The topological polar surface area (TPSA) is 55.3 Å². The predicted octanol–water partition coefficient (Wildman–Crippen LogP) is 1.65. The minimum absolute atomic E-state index is 0.0619. The first-order valence-corrected chi connectivity index (χ1v) is 7.02. The Morgan fingerprint density at radius 3 is 3.05 bits per heavy atom. The van der Waals surface area contributed by atoms with Crippen molar-refractivity contribution in [2.75, 3.05) is 13.1 Å². The van der Waals surface area contributed by atoms with E-state index < -0.39 is 0 Å². The van der Waals surface area contributed by atoms with Crippen LogP contribution in [0.2, 0.25) is 0 Å². The van der Waals surface area contributed by atoms with E-state index in [0.29, 0.717) is 24.2 Å². The Labute approximate surface area is 113 Å². The van der Waals surface area contributed by atoms with Crippen LogP contribution in [0.1, 0.15) is 32.1 Å². The molecule has 5 nitrogen and oxygen atoms in total. The summed E-state index contributed by atoms with van der Waals surface area (Å²) in [6.07, 6.45) is 8.37. The number of aromatic nitrogens is 2. The molecule has 1 aromatic rings. The van der Waals surface area contributed by atoms with Gasteiger partial charge < -0.3 is 9.64 Å². The number of hydrogen-bond acceptors (Lipinski definition) is 4. The maximum Gasteiger partial charge on any atom is 0.222 e. The molecular formula is C14H19N3O2. The smallest absolute Gasteiger partial charge is 0.222 e. The number of amides is 1. The van der Waals surface area contributed by atoms with Gasteiger partial charge in [-0.05, 0) is 31.6 Å². The highest BCUT2D eigenvalue weighted by molar-refractivity contribution is 5.76. The summed E-state index contributed by atoms with van der Waals surface area (Å²) in [6, 6.07) is 1.75. The van der Waals surface area contributed by atoms with Crippen LogP contribution >= 0.6 is 0 Å². The van der Waals surface area contributed by atoms with Gasteiger partial charge in [-0.1, -0.05) is 0 Å². The lowest BCUT2D eigenvalue weighted by Gasteiger charge is -2.32. The van der Waals surface area contributed by atoms with Crippen LogP contribution in [0.4, 0.5) is 0 Å². The van der Waals surface area contributed by atoms with E-state index in [1.165, 1.54) is 19.2 Å².